The van der Waals surface area contributed by atoms with E-state index in [4.69, 9.17) is 4.74 Å². The number of anilines is 1. The van der Waals surface area contributed by atoms with Crippen molar-refractivity contribution in [2.45, 2.75) is 31.9 Å². The number of rotatable bonds is 4. The minimum atomic E-state index is -0.766. The number of piperidine rings is 1. The lowest BCUT2D eigenvalue weighted by atomic mass is 10.1. The highest BCUT2D eigenvalue weighted by atomic mass is 19.1. The second-order valence-corrected chi connectivity index (χ2v) is 9.04. The molecule has 0 saturated carbocycles. The summed E-state index contributed by atoms with van der Waals surface area (Å²) in [6.45, 7) is 6.02. The average Bonchev–Trinajstić information content (AvgIpc) is 2.79. The number of nitrogens with zero attached hydrogens (tertiary/aromatic N) is 5. The molecule has 2 N–H and O–H groups in total. The number of piperazine rings is 1. The second kappa shape index (κ2) is 9.27. The molecule has 0 aliphatic carbocycles. The number of halogens is 2. The van der Waals surface area contributed by atoms with Crippen LogP contribution in [0, 0.1) is 11.6 Å². The Kier molecular flexibility index (Phi) is 6.18. The third-order valence-electron chi connectivity index (χ3n) is 6.45. The number of ether oxygens (including phenoxy) is 1. The van der Waals surface area contributed by atoms with Crippen molar-refractivity contribution in [3.05, 3.63) is 35.9 Å². The van der Waals surface area contributed by atoms with Gasteiger partial charge in [0.05, 0.1) is 10.9 Å². The number of aromatic nitrogens is 3. The molecule has 0 spiro atoms. The van der Waals surface area contributed by atoms with Crippen LogP contribution in [0.1, 0.15) is 19.8 Å². The van der Waals surface area contributed by atoms with E-state index >= 15 is 4.39 Å². The van der Waals surface area contributed by atoms with Crippen molar-refractivity contribution in [1.82, 2.24) is 25.2 Å². The SMILES string of the molecule is C[C@@H]1CNCCN1c1nc(OC2CCCN(C)C2)nc2nc(-c3c(O)cccc3F)c(F)cc12. The van der Waals surface area contributed by atoms with Gasteiger partial charge in [0.25, 0.3) is 0 Å². The number of benzene rings is 1. The van der Waals surface area contributed by atoms with Crippen molar-refractivity contribution >= 4 is 16.9 Å². The molecule has 10 heteroatoms. The fourth-order valence-electron chi connectivity index (χ4n) is 4.71. The first-order valence-corrected chi connectivity index (χ1v) is 11.6. The Bertz CT molecular complexity index is 1190. The number of fused-ring (bicyclic) bond motifs is 1. The van der Waals surface area contributed by atoms with Gasteiger partial charge in [-0.1, -0.05) is 6.07 Å². The van der Waals surface area contributed by atoms with Crippen molar-refractivity contribution in [1.29, 1.82) is 0 Å². The molecule has 5 rings (SSSR count). The van der Waals surface area contributed by atoms with E-state index in [1.54, 1.807) is 0 Å². The van der Waals surface area contributed by atoms with Crippen LogP contribution in [0.15, 0.2) is 24.3 Å². The van der Waals surface area contributed by atoms with Gasteiger partial charge in [-0.2, -0.15) is 9.97 Å². The number of phenolic OH excluding ortho intramolecular Hbond substituents is 1. The number of likely N-dealkylation sites (tertiary alicyclic amines) is 1. The van der Waals surface area contributed by atoms with Crippen molar-refractivity contribution in [2.24, 2.45) is 0 Å². The van der Waals surface area contributed by atoms with Crippen molar-refractivity contribution in [3.8, 4) is 23.0 Å². The van der Waals surface area contributed by atoms with Gasteiger partial charge in [0.1, 0.15) is 29.2 Å². The largest absolute Gasteiger partial charge is 0.507 e. The molecule has 2 aromatic heterocycles. The molecule has 2 aliphatic rings. The summed E-state index contributed by atoms with van der Waals surface area (Å²) in [7, 11) is 2.04. The van der Waals surface area contributed by atoms with Crippen LogP contribution in [-0.4, -0.2) is 76.9 Å². The summed E-state index contributed by atoms with van der Waals surface area (Å²) in [6, 6.07) is 5.35. The van der Waals surface area contributed by atoms with Crippen LogP contribution in [0.2, 0.25) is 0 Å². The number of hydrogen-bond acceptors (Lipinski definition) is 8. The van der Waals surface area contributed by atoms with E-state index in [0.717, 1.165) is 45.1 Å². The Morgan fingerprint density at radius 2 is 2.00 bits per heavy atom. The second-order valence-electron chi connectivity index (χ2n) is 9.04. The topological polar surface area (TPSA) is 86.6 Å². The summed E-state index contributed by atoms with van der Waals surface area (Å²) in [5.41, 5.74) is -0.410. The number of aromatic hydroxyl groups is 1. The van der Waals surface area contributed by atoms with Gasteiger partial charge in [-0.15, -0.1) is 0 Å². The summed E-state index contributed by atoms with van der Waals surface area (Å²) in [6.07, 6.45) is 1.83. The van der Waals surface area contributed by atoms with Crippen LogP contribution < -0.4 is 15.0 Å². The van der Waals surface area contributed by atoms with E-state index in [1.165, 1.54) is 18.2 Å². The van der Waals surface area contributed by atoms with Crippen LogP contribution in [0.3, 0.4) is 0 Å². The van der Waals surface area contributed by atoms with Gasteiger partial charge < -0.3 is 25.0 Å². The summed E-state index contributed by atoms with van der Waals surface area (Å²) >= 11 is 0. The maximum Gasteiger partial charge on any atom is 0.320 e. The zero-order valence-electron chi connectivity index (χ0n) is 19.3. The van der Waals surface area contributed by atoms with Gasteiger partial charge in [0.2, 0.25) is 0 Å². The molecule has 1 unspecified atom stereocenters. The van der Waals surface area contributed by atoms with Gasteiger partial charge in [-0.25, -0.2) is 13.8 Å². The summed E-state index contributed by atoms with van der Waals surface area (Å²) < 4.78 is 35.9. The number of hydrogen-bond donors (Lipinski definition) is 2. The predicted octanol–water partition coefficient (Wildman–Crippen LogP) is 2.95. The third kappa shape index (κ3) is 4.35. The molecule has 0 bridgehead atoms. The zero-order valence-corrected chi connectivity index (χ0v) is 19.3. The van der Waals surface area contributed by atoms with E-state index in [-0.39, 0.29) is 35.1 Å². The Morgan fingerprint density at radius 1 is 1.15 bits per heavy atom. The van der Waals surface area contributed by atoms with Gasteiger partial charge in [0, 0.05) is 32.2 Å². The fraction of sp³-hybridized carbons (Fsp3) is 0.458. The Labute approximate surface area is 196 Å². The minimum Gasteiger partial charge on any atom is -0.507 e. The number of pyridine rings is 1. The van der Waals surface area contributed by atoms with Crippen LogP contribution in [0.5, 0.6) is 11.8 Å². The van der Waals surface area contributed by atoms with E-state index < -0.39 is 17.4 Å². The van der Waals surface area contributed by atoms with E-state index in [0.29, 0.717) is 17.7 Å². The van der Waals surface area contributed by atoms with Gasteiger partial charge in [-0.3, -0.25) is 0 Å². The van der Waals surface area contributed by atoms with Crippen molar-refractivity contribution in [3.63, 3.8) is 0 Å². The molecule has 2 saturated heterocycles. The molecule has 0 radical (unpaired) electrons. The minimum absolute atomic E-state index is 0.0694. The highest BCUT2D eigenvalue weighted by Crippen LogP contribution is 2.36. The fourth-order valence-corrected chi connectivity index (χ4v) is 4.71. The van der Waals surface area contributed by atoms with E-state index in [9.17, 15) is 9.50 Å². The highest BCUT2D eigenvalue weighted by Gasteiger charge is 2.27. The monoisotopic (exact) mass is 470 g/mol. The lowest BCUT2D eigenvalue weighted by Crippen LogP contribution is -2.50. The van der Waals surface area contributed by atoms with Crippen LogP contribution in [0.4, 0.5) is 14.6 Å². The van der Waals surface area contributed by atoms with Crippen molar-refractivity contribution < 1.29 is 18.6 Å². The Hall–Kier alpha value is -3.11. The molecule has 2 fully saturated rings. The molecule has 1 aromatic carbocycles. The Balaban J connectivity index is 1.64. The third-order valence-corrected chi connectivity index (χ3v) is 6.45. The number of phenols is 1. The van der Waals surface area contributed by atoms with E-state index in [2.05, 4.69) is 37.0 Å². The lowest BCUT2D eigenvalue weighted by molar-refractivity contribution is 0.0959. The summed E-state index contributed by atoms with van der Waals surface area (Å²) in [5.74, 6) is -1.38. The molecule has 34 heavy (non-hydrogen) atoms. The highest BCUT2D eigenvalue weighted by molar-refractivity contribution is 5.90. The van der Waals surface area contributed by atoms with Crippen LogP contribution in [0.25, 0.3) is 22.3 Å². The van der Waals surface area contributed by atoms with Crippen LogP contribution >= 0.6 is 0 Å². The summed E-state index contributed by atoms with van der Waals surface area (Å²) in [5, 5.41) is 14.0. The number of likely N-dealkylation sites (N-methyl/N-ethyl adjacent to an activating group) is 1. The number of nitrogens with one attached hydrogen (secondary N) is 1. The molecule has 8 nitrogen and oxygen atoms in total. The zero-order chi connectivity index (χ0) is 23.8. The first-order valence-electron chi connectivity index (χ1n) is 11.6. The van der Waals surface area contributed by atoms with Gasteiger partial charge >= 0.3 is 6.01 Å². The molecule has 0 amide bonds. The molecule has 180 valence electrons. The van der Waals surface area contributed by atoms with Gasteiger partial charge in [0.15, 0.2) is 11.5 Å². The van der Waals surface area contributed by atoms with Crippen molar-refractivity contribution in [2.75, 3.05) is 44.7 Å². The quantitative estimate of drug-likeness (QED) is 0.602. The smallest absolute Gasteiger partial charge is 0.320 e. The molecule has 3 aromatic rings. The van der Waals surface area contributed by atoms with E-state index in [1.807, 2.05) is 7.05 Å². The summed E-state index contributed by atoms with van der Waals surface area (Å²) in [4.78, 5) is 17.8. The normalized spacial score (nSPS) is 21.7. The standard InChI is InChI=1S/C24H28F2N6O2/c1-14-12-27-8-10-32(14)23-16-11-18(26)21(20-17(25)6-3-7-19(20)33)28-22(16)29-24(30-23)34-15-5-4-9-31(2)13-15/h3,6-7,11,14-15,27,33H,4-5,8-10,12-13H2,1-2H3/t14-,15?/m1/s1. The first kappa shape index (κ1) is 22.7. The Morgan fingerprint density at radius 3 is 2.76 bits per heavy atom. The average molecular weight is 471 g/mol. The van der Waals surface area contributed by atoms with Gasteiger partial charge in [-0.05, 0) is 51.6 Å². The maximum absolute atomic E-state index is 15.3. The predicted molar refractivity (Wildman–Crippen MR) is 125 cm³/mol. The maximum atomic E-state index is 15.3. The molecular formula is C24H28F2N6O2. The molecule has 4 heterocycles. The molecule has 2 aliphatic heterocycles. The molecule has 2 atom stereocenters. The first-order chi connectivity index (χ1) is 16.4. The van der Waals surface area contributed by atoms with Crippen LogP contribution in [-0.2, 0) is 0 Å². The molecular weight excluding hydrogens is 442 g/mol. The lowest BCUT2D eigenvalue weighted by Gasteiger charge is -2.35.